The van der Waals surface area contributed by atoms with Crippen LogP contribution in [-0.2, 0) is 0 Å². The van der Waals surface area contributed by atoms with Gasteiger partial charge in [0.1, 0.15) is 0 Å². The van der Waals surface area contributed by atoms with Crippen LogP contribution < -0.4 is 15.9 Å². The summed E-state index contributed by atoms with van der Waals surface area (Å²) in [5, 5.41) is 3.19. The Morgan fingerprint density at radius 1 is 0.629 bits per heavy atom. The quantitative estimate of drug-likeness (QED) is 0.230. The van der Waals surface area contributed by atoms with Gasteiger partial charge in [0, 0.05) is 0 Å². The van der Waals surface area contributed by atoms with E-state index in [1.54, 1.807) is 6.20 Å². The van der Waals surface area contributed by atoms with E-state index in [2.05, 4.69) is 48.0 Å². The monoisotopic (exact) mass is 501 g/mol. The summed E-state index contributed by atoms with van der Waals surface area (Å²) in [6.45, 7) is 2.17. The Bertz CT molecular complexity index is 1440. The molecule has 174 valence electrons. The van der Waals surface area contributed by atoms with Crippen molar-refractivity contribution in [2.45, 2.75) is 0 Å². The fourth-order valence-electron chi connectivity index (χ4n) is 4.55. The first-order valence-corrected chi connectivity index (χ1v) is 14.8. The first kappa shape index (κ1) is 23.4. The van der Waals surface area contributed by atoms with Gasteiger partial charge in [-0.2, -0.15) is 0 Å². The molecule has 0 aliphatic carbocycles. The molecular weight excluding hydrogens is 479 g/mol. The molecule has 0 saturated heterocycles. The van der Waals surface area contributed by atoms with Crippen molar-refractivity contribution in [2.24, 2.45) is 0 Å². The molecule has 1 heterocycles. The summed E-state index contributed by atoms with van der Waals surface area (Å²) in [5.41, 5.74) is 2.97. The van der Waals surface area contributed by atoms with Crippen LogP contribution in [0.2, 0.25) is 0 Å². The number of halogens is 3. The second kappa shape index (κ2) is 9.00. The molecule has 1 aromatic heterocycles. The van der Waals surface area contributed by atoms with Gasteiger partial charge in [0.25, 0.3) is 0 Å². The van der Waals surface area contributed by atoms with E-state index < -0.39 is 17.6 Å². The van der Waals surface area contributed by atoms with Gasteiger partial charge in [-0.15, -0.1) is 0 Å². The number of hydrogen-bond acceptors (Lipinski definition) is 1. The summed E-state index contributed by atoms with van der Waals surface area (Å²) >= 11 is 7.92. The van der Waals surface area contributed by atoms with E-state index in [0.29, 0.717) is 11.3 Å². The summed E-state index contributed by atoms with van der Waals surface area (Å²) in [4.78, 5) is 4.57. The van der Waals surface area contributed by atoms with Crippen molar-refractivity contribution in [3.05, 3.63) is 133 Å². The topological polar surface area (TPSA) is 12.9 Å². The third-order valence-electron chi connectivity index (χ3n) is 6.51. The molecule has 0 amide bonds. The summed E-state index contributed by atoms with van der Waals surface area (Å²) in [6.07, 6.45) is 1.76. The fraction of sp³-hybridized carbons (Fsp3) is 0.0333. The molecule has 0 saturated carbocycles. The van der Waals surface area contributed by atoms with Crippen LogP contribution in [0.1, 0.15) is 0 Å². The van der Waals surface area contributed by atoms with Gasteiger partial charge in [-0.1, -0.05) is 0 Å². The van der Waals surface area contributed by atoms with Gasteiger partial charge < -0.3 is 0 Å². The molecule has 0 N–H and O–H groups in total. The molecule has 4 aromatic carbocycles. The zero-order valence-corrected chi connectivity index (χ0v) is 20.7. The van der Waals surface area contributed by atoms with Gasteiger partial charge in [-0.25, -0.2) is 0 Å². The van der Waals surface area contributed by atoms with E-state index in [1.165, 1.54) is 6.07 Å². The average molecular weight is 502 g/mol. The van der Waals surface area contributed by atoms with Crippen molar-refractivity contribution in [3.63, 3.8) is 0 Å². The van der Waals surface area contributed by atoms with Gasteiger partial charge >= 0.3 is 209 Å². The molecule has 0 aliphatic heterocycles. The Labute approximate surface area is 208 Å². The van der Waals surface area contributed by atoms with Crippen LogP contribution in [0.3, 0.4) is 0 Å². The van der Waals surface area contributed by atoms with Crippen LogP contribution in [-0.4, -0.2) is 11.6 Å². The predicted octanol–water partition coefficient (Wildman–Crippen LogP) is 7.31. The molecule has 0 spiro atoms. The standard InChI is InChI=1S/C30H23ClF2NP/c1-35(31,24-10-4-2-5-11-24,25-12-6-3-7-13-25)30-15-9-8-14-26(30)23-17-19-29(34-21-23)22-16-18-27(32)28(33)20-22/h2-21H,1H3. The van der Waals surface area contributed by atoms with E-state index in [9.17, 15) is 8.78 Å². The molecular formula is C30H23ClF2NP. The van der Waals surface area contributed by atoms with Gasteiger partial charge in [0.05, 0.1) is 0 Å². The van der Waals surface area contributed by atoms with Crippen molar-refractivity contribution < 1.29 is 8.78 Å². The second-order valence-electron chi connectivity index (χ2n) is 8.68. The van der Waals surface area contributed by atoms with E-state index >= 15 is 0 Å². The molecule has 0 bridgehead atoms. The summed E-state index contributed by atoms with van der Waals surface area (Å²) < 4.78 is 27.1. The van der Waals surface area contributed by atoms with Gasteiger partial charge in [0.15, 0.2) is 0 Å². The summed E-state index contributed by atoms with van der Waals surface area (Å²) in [6, 6.07) is 36.2. The predicted molar refractivity (Wildman–Crippen MR) is 146 cm³/mol. The maximum absolute atomic E-state index is 13.7. The molecule has 0 atom stereocenters. The molecule has 5 rings (SSSR count). The number of hydrogen-bond donors (Lipinski definition) is 0. The number of benzene rings is 4. The maximum atomic E-state index is 13.7. The third-order valence-corrected chi connectivity index (χ3v) is 12.8. The Morgan fingerprint density at radius 3 is 1.77 bits per heavy atom. The molecule has 5 aromatic rings. The van der Waals surface area contributed by atoms with Crippen LogP contribution in [0.5, 0.6) is 0 Å². The zero-order chi connectivity index (χ0) is 24.5. The Morgan fingerprint density at radius 2 is 1.20 bits per heavy atom. The second-order valence-corrected chi connectivity index (χ2v) is 15.6. The van der Waals surface area contributed by atoms with Gasteiger partial charge in [0.2, 0.25) is 0 Å². The normalized spacial score (nSPS) is 12.6. The molecule has 0 unspecified atom stereocenters. The van der Waals surface area contributed by atoms with Crippen LogP contribution in [0, 0.1) is 11.6 Å². The van der Waals surface area contributed by atoms with E-state index in [1.807, 2.05) is 60.7 Å². The van der Waals surface area contributed by atoms with Crippen molar-refractivity contribution in [1.82, 2.24) is 4.98 Å². The van der Waals surface area contributed by atoms with E-state index in [0.717, 1.165) is 39.2 Å². The minimum absolute atomic E-state index is 0.518. The summed E-state index contributed by atoms with van der Waals surface area (Å²) in [5.74, 6) is -5.13. The zero-order valence-electron chi connectivity index (χ0n) is 19.1. The van der Waals surface area contributed by atoms with Crippen molar-refractivity contribution in [1.29, 1.82) is 0 Å². The average Bonchev–Trinajstić information content (AvgIpc) is 2.91. The van der Waals surface area contributed by atoms with Crippen molar-refractivity contribution in [3.8, 4) is 22.4 Å². The molecule has 0 fully saturated rings. The van der Waals surface area contributed by atoms with E-state index in [-0.39, 0.29) is 0 Å². The number of aromatic nitrogens is 1. The number of rotatable bonds is 5. The SMILES string of the molecule is CP(Cl)(c1ccccc1)(c1ccccc1)c1ccccc1-c1ccc(-c2ccc(F)c(F)c2)nc1. The molecule has 5 heteroatoms. The first-order valence-electron chi connectivity index (χ1n) is 11.2. The molecule has 0 aliphatic rings. The Balaban J connectivity index is 1.68. The van der Waals surface area contributed by atoms with Crippen LogP contribution in [0.15, 0.2) is 121 Å². The van der Waals surface area contributed by atoms with Gasteiger partial charge in [-0.05, 0) is 0 Å². The van der Waals surface area contributed by atoms with E-state index in [4.69, 9.17) is 11.2 Å². The van der Waals surface area contributed by atoms with Gasteiger partial charge in [-0.3, -0.25) is 0 Å². The summed E-state index contributed by atoms with van der Waals surface area (Å²) in [7, 11) is 0. The van der Waals surface area contributed by atoms with Crippen molar-refractivity contribution in [2.75, 3.05) is 6.66 Å². The first-order chi connectivity index (χ1) is 16.9. The molecule has 1 nitrogen and oxygen atoms in total. The van der Waals surface area contributed by atoms with Crippen LogP contribution in [0.4, 0.5) is 8.78 Å². The van der Waals surface area contributed by atoms with Crippen LogP contribution >= 0.6 is 17.2 Å². The van der Waals surface area contributed by atoms with Crippen molar-refractivity contribution >= 4 is 33.1 Å². The fourth-order valence-corrected chi connectivity index (χ4v) is 9.51. The van der Waals surface area contributed by atoms with Crippen LogP contribution in [0.25, 0.3) is 22.4 Å². The number of nitrogens with zero attached hydrogens (tertiary/aromatic N) is 1. The Hall–Kier alpha value is -3.39. The number of pyridine rings is 1. The molecule has 35 heavy (non-hydrogen) atoms. The Kier molecular flexibility index (Phi) is 6.01. The third kappa shape index (κ3) is 4.05. The minimum atomic E-state index is -3.36. The molecule has 0 radical (unpaired) electrons.